The highest BCUT2D eigenvalue weighted by atomic mass is 32.2. The van der Waals surface area contributed by atoms with Gasteiger partial charge in [0.05, 0.1) is 5.25 Å². The Hall–Kier alpha value is -2.02. The molecule has 1 heterocycles. The predicted molar refractivity (Wildman–Crippen MR) is 89.9 cm³/mol. The zero-order chi connectivity index (χ0) is 16.1. The molecule has 4 N–H and O–H groups in total. The molecule has 0 spiro atoms. The van der Waals surface area contributed by atoms with Gasteiger partial charge in [0.1, 0.15) is 0 Å². The number of rotatable bonds is 6. The molecule has 0 fully saturated rings. The lowest BCUT2D eigenvalue weighted by Crippen LogP contribution is -2.22. The molecular weight excluding hydrogens is 298 g/mol. The second-order valence-corrected chi connectivity index (χ2v) is 6.49. The molecule has 0 saturated carbocycles. The Morgan fingerprint density at radius 1 is 1.36 bits per heavy atom. The molecule has 1 amide bonds. The number of anilines is 2. The number of aromatic nitrogens is 3. The Balaban J connectivity index is 1.93. The standard InChI is InChI=1S/C15H21N5OS/c1-4-9(2)11-5-7-12(8-6-11)17-13(21)10(3)22-15-18-14(16)19-20-15/h5-10H,4H2,1-3H3,(H,17,21)(H3,16,18,19,20)/t9-,10+/m0/s1. The van der Waals surface area contributed by atoms with Crippen molar-refractivity contribution in [2.75, 3.05) is 11.1 Å². The van der Waals surface area contributed by atoms with Gasteiger partial charge < -0.3 is 11.1 Å². The fraction of sp³-hybridized carbons (Fsp3) is 0.400. The van der Waals surface area contributed by atoms with E-state index in [0.717, 1.165) is 12.1 Å². The smallest absolute Gasteiger partial charge is 0.237 e. The fourth-order valence-electron chi connectivity index (χ4n) is 1.90. The fourth-order valence-corrected chi connectivity index (χ4v) is 2.63. The van der Waals surface area contributed by atoms with Gasteiger partial charge in [-0.25, -0.2) is 5.10 Å². The summed E-state index contributed by atoms with van der Waals surface area (Å²) in [5, 5.41) is 9.50. The van der Waals surface area contributed by atoms with E-state index in [9.17, 15) is 4.79 Å². The first-order chi connectivity index (χ1) is 10.5. The van der Waals surface area contributed by atoms with Crippen molar-refractivity contribution >= 4 is 29.3 Å². The number of H-pyrrole nitrogens is 1. The zero-order valence-electron chi connectivity index (χ0n) is 13.0. The van der Waals surface area contributed by atoms with Crippen LogP contribution in [0.1, 0.15) is 38.7 Å². The molecule has 2 rings (SSSR count). The molecule has 0 unspecified atom stereocenters. The summed E-state index contributed by atoms with van der Waals surface area (Å²) in [5.41, 5.74) is 7.53. The van der Waals surface area contributed by atoms with Gasteiger partial charge in [-0.3, -0.25) is 4.79 Å². The molecule has 2 aromatic rings. The molecular formula is C15H21N5OS. The van der Waals surface area contributed by atoms with Crippen molar-refractivity contribution in [3.63, 3.8) is 0 Å². The van der Waals surface area contributed by atoms with Crippen LogP contribution in [0.15, 0.2) is 29.4 Å². The van der Waals surface area contributed by atoms with Crippen LogP contribution in [0.5, 0.6) is 0 Å². The monoisotopic (exact) mass is 319 g/mol. The Kier molecular flexibility index (Phi) is 5.43. The van der Waals surface area contributed by atoms with Crippen LogP contribution in [0.25, 0.3) is 0 Å². The van der Waals surface area contributed by atoms with Crippen molar-refractivity contribution in [1.82, 2.24) is 15.2 Å². The van der Waals surface area contributed by atoms with Crippen LogP contribution >= 0.6 is 11.8 Å². The van der Waals surface area contributed by atoms with Crippen molar-refractivity contribution in [2.45, 2.75) is 43.5 Å². The van der Waals surface area contributed by atoms with Crippen LogP contribution in [-0.2, 0) is 4.79 Å². The number of nitrogens with two attached hydrogens (primary N) is 1. The number of benzene rings is 1. The largest absolute Gasteiger partial charge is 0.368 e. The van der Waals surface area contributed by atoms with Crippen LogP contribution in [-0.4, -0.2) is 26.3 Å². The molecule has 0 saturated heterocycles. The van der Waals surface area contributed by atoms with E-state index in [-0.39, 0.29) is 17.1 Å². The Labute approximate surface area is 134 Å². The topological polar surface area (TPSA) is 96.7 Å². The number of nitrogens with zero attached hydrogens (tertiary/aromatic N) is 2. The highest BCUT2D eigenvalue weighted by Gasteiger charge is 2.17. The van der Waals surface area contributed by atoms with E-state index in [0.29, 0.717) is 11.1 Å². The van der Waals surface area contributed by atoms with Gasteiger partial charge in [-0.05, 0) is 37.0 Å². The number of carbonyl (C=O) groups excluding carboxylic acids is 1. The molecule has 1 aromatic heterocycles. The van der Waals surface area contributed by atoms with Crippen LogP contribution in [0, 0.1) is 0 Å². The van der Waals surface area contributed by atoms with Gasteiger partial charge in [-0.15, -0.1) is 5.10 Å². The summed E-state index contributed by atoms with van der Waals surface area (Å²) in [4.78, 5) is 16.1. The van der Waals surface area contributed by atoms with Gasteiger partial charge in [0.15, 0.2) is 0 Å². The Bertz CT molecular complexity index is 625. The van der Waals surface area contributed by atoms with E-state index < -0.39 is 0 Å². The highest BCUT2D eigenvalue weighted by molar-refractivity contribution is 8.00. The Morgan fingerprint density at radius 2 is 2.05 bits per heavy atom. The van der Waals surface area contributed by atoms with Crippen molar-refractivity contribution < 1.29 is 4.79 Å². The van der Waals surface area contributed by atoms with Crippen LogP contribution < -0.4 is 11.1 Å². The third-order valence-electron chi connectivity index (χ3n) is 3.49. The maximum absolute atomic E-state index is 12.2. The van der Waals surface area contributed by atoms with Gasteiger partial charge in [-0.1, -0.05) is 37.7 Å². The normalized spacial score (nSPS) is 13.6. The lowest BCUT2D eigenvalue weighted by molar-refractivity contribution is -0.115. The molecule has 0 aliphatic carbocycles. The maximum atomic E-state index is 12.2. The quantitative estimate of drug-likeness (QED) is 0.711. The van der Waals surface area contributed by atoms with Crippen LogP contribution in [0.4, 0.5) is 11.6 Å². The van der Waals surface area contributed by atoms with Crippen molar-refractivity contribution in [3.8, 4) is 0 Å². The molecule has 0 radical (unpaired) electrons. The lowest BCUT2D eigenvalue weighted by Gasteiger charge is -2.12. The maximum Gasteiger partial charge on any atom is 0.237 e. The summed E-state index contributed by atoms with van der Waals surface area (Å²) >= 11 is 1.26. The third-order valence-corrected chi connectivity index (χ3v) is 4.45. The van der Waals surface area contributed by atoms with Gasteiger partial charge in [0.25, 0.3) is 0 Å². The lowest BCUT2D eigenvalue weighted by atomic mass is 9.99. The van der Waals surface area contributed by atoms with E-state index in [4.69, 9.17) is 5.73 Å². The summed E-state index contributed by atoms with van der Waals surface area (Å²) in [6.45, 7) is 6.16. The van der Waals surface area contributed by atoms with Crippen molar-refractivity contribution in [1.29, 1.82) is 0 Å². The number of hydrogen-bond donors (Lipinski definition) is 3. The minimum absolute atomic E-state index is 0.0929. The van der Waals surface area contributed by atoms with E-state index in [1.54, 1.807) is 6.92 Å². The number of carbonyl (C=O) groups is 1. The van der Waals surface area contributed by atoms with E-state index in [1.165, 1.54) is 17.3 Å². The SMILES string of the molecule is CC[C@H](C)c1ccc(NC(=O)[C@@H](C)Sc2n[nH]c(N)n2)cc1. The highest BCUT2D eigenvalue weighted by Crippen LogP contribution is 2.23. The number of nitrogen functional groups attached to an aromatic ring is 1. The summed E-state index contributed by atoms with van der Waals surface area (Å²) in [6.07, 6.45) is 1.10. The number of amides is 1. The molecule has 7 heteroatoms. The predicted octanol–water partition coefficient (Wildman–Crippen LogP) is 3.02. The van der Waals surface area contributed by atoms with E-state index >= 15 is 0 Å². The minimum atomic E-state index is -0.315. The van der Waals surface area contributed by atoms with E-state index in [2.05, 4.69) is 46.5 Å². The first kappa shape index (κ1) is 16.4. The minimum Gasteiger partial charge on any atom is -0.368 e. The molecule has 6 nitrogen and oxygen atoms in total. The molecule has 0 bridgehead atoms. The average molecular weight is 319 g/mol. The zero-order valence-corrected chi connectivity index (χ0v) is 13.8. The summed E-state index contributed by atoms with van der Waals surface area (Å²) in [7, 11) is 0. The first-order valence-corrected chi connectivity index (χ1v) is 8.13. The molecule has 118 valence electrons. The number of aromatic amines is 1. The summed E-state index contributed by atoms with van der Waals surface area (Å²) < 4.78 is 0. The summed E-state index contributed by atoms with van der Waals surface area (Å²) in [5.74, 6) is 0.677. The van der Waals surface area contributed by atoms with Crippen molar-refractivity contribution in [2.24, 2.45) is 0 Å². The van der Waals surface area contributed by atoms with E-state index in [1.807, 2.05) is 12.1 Å². The van der Waals surface area contributed by atoms with Crippen LogP contribution in [0.3, 0.4) is 0 Å². The number of hydrogen-bond acceptors (Lipinski definition) is 5. The van der Waals surface area contributed by atoms with Crippen molar-refractivity contribution in [3.05, 3.63) is 29.8 Å². The molecule has 0 aliphatic rings. The third kappa shape index (κ3) is 4.24. The second-order valence-electron chi connectivity index (χ2n) is 5.18. The van der Waals surface area contributed by atoms with Crippen LogP contribution in [0.2, 0.25) is 0 Å². The summed E-state index contributed by atoms with van der Waals surface area (Å²) in [6, 6.07) is 7.97. The van der Waals surface area contributed by atoms with Gasteiger partial charge in [0, 0.05) is 5.69 Å². The second kappa shape index (κ2) is 7.31. The van der Waals surface area contributed by atoms with Gasteiger partial charge in [0.2, 0.25) is 17.0 Å². The van der Waals surface area contributed by atoms with Gasteiger partial charge >= 0.3 is 0 Å². The molecule has 1 aromatic carbocycles. The molecule has 2 atom stereocenters. The first-order valence-electron chi connectivity index (χ1n) is 7.25. The molecule has 22 heavy (non-hydrogen) atoms. The Morgan fingerprint density at radius 3 is 2.59 bits per heavy atom. The number of nitrogens with one attached hydrogen (secondary N) is 2. The number of thioether (sulfide) groups is 1. The average Bonchev–Trinajstić information content (AvgIpc) is 2.92. The molecule has 0 aliphatic heterocycles. The van der Waals surface area contributed by atoms with Gasteiger partial charge in [-0.2, -0.15) is 4.98 Å².